The average Bonchev–Trinajstić information content (AvgIpc) is 2.98. The fourth-order valence-corrected chi connectivity index (χ4v) is 2.50. The first kappa shape index (κ1) is 16.9. The summed E-state index contributed by atoms with van der Waals surface area (Å²) < 4.78 is 55.4. The number of pyridine rings is 1. The number of carbonyl (C=O) groups excluding carboxylic acids is 1. The Morgan fingerprint density at radius 2 is 1.96 bits per heavy atom. The van der Waals surface area contributed by atoms with Gasteiger partial charge in [0.1, 0.15) is 11.4 Å². The molecule has 8 heteroatoms. The van der Waals surface area contributed by atoms with Crippen LogP contribution >= 0.6 is 0 Å². The number of halogens is 4. The van der Waals surface area contributed by atoms with Crippen LogP contribution in [-0.2, 0) is 17.6 Å². The van der Waals surface area contributed by atoms with Gasteiger partial charge in [-0.25, -0.2) is 9.37 Å². The summed E-state index contributed by atoms with van der Waals surface area (Å²) in [6.45, 7) is 0. The molecule has 3 aromatic rings. The van der Waals surface area contributed by atoms with E-state index in [0.29, 0.717) is 5.65 Å². The SMILES string of the molecule is O=C(Cc1ccc(OC(F)(F)F)c(F)c1)Cc1cccc2nccn12. The van der Waals surface area contributed by atoms with Crippen molar-refractivity contribution < 1.29 is 27.1 Å². The van der Waals surface area contributed by atoms with Crippen LogP contribution in [0.5, 0.6) is 5.75 Å². The van der Waals surface area contributed by atoms with E-state index in [9.17, 15) is 22.4 Å². The van der Waals surface area contributed by atoms with Crippen molar-refractivity contribution in [3.63, 3.8) is 0 Å². The molecule has 0 atom stereocenters. The third kappa shape index (κ3) is 4.14. The largest absolute Gasteiger partial charge is 0.573 e. The lowest BCUT2D eigenvalue weighted by Gasteiger charge is -2.10. The standard InChI is InChI=1S/C17H12F4N2O2/c18-14-9-11(4-5-15(14)25-17(19,20)21)8-13(24)10-12-2-1-3-16-22-6-7-23(12)16/h1-7,9H,8,10H2. The lowest BCUT2D eigenvalue weighted by atomic mass is 10.0. The Labute approximate surface area is 139 Å². The summed E-state index contributed by atoms with van der Waals surface area (Å²) >= 11 is 0. The molecule has 0 bridgehead atoms. The van der Waals surface area contributed by atoms with Crippen LogP contribution in [0.15, 0.2) is 48.8 Å². The summed E-state index contributed by atoms with van der Waals surface area (Å²) in [5, 5.41) is 0. The van der Waals surface area contributed by atoms with E-state index in [1.807, 2.05) is 0 Å². The maximum atomic E-state index is 13.7. The highest BCUT2D eigenvalue weighted by molar-refractivity contribution is 5.83. The van der Waals surface area contributed by atoms with Crippen molar-refractivity contribution in [2.45, 2.75) is 19.2 Å². The van der Waals surface area contributed by atoms with Crippen molar-refractivity contribution >= 4 is 11.4 Å². The molecule has 25 heavy (non-hydrogen) atoms. The van der Waals surface area contributed by atoms with E-state index in [1.165, 1.54) is 6.07 Å². The Morgan fingerprint density at radius 3 is 2.68 bits per heavy atom. The molecule has 2 heterocycles. The molecular formula is C17H12F4N2O2. The van der Waals surface area contributed by atoms with Gasteiger partial charge in [0.15, 0.2) is 11.6 Å². The number of ether oxygens (including phenoxy) is 1. The highest BCUT2D eigenvalue weighted by Crippen LogP contribution is 2.26. The van der Waals surface area contributed by atoms with Gasteiger partial charge in [-0.15, -0.1) is 13.2 Å². The van der Waals surface area contributed by atoms with Gasteiger partial charge in [-0.1, -0.05) is 12.1 Å². The first-order chi connectivity index (χ1) is 11.8. The number of benzene rings is 1. The van der Waals surface area contributed by atoms with Gasteiger partial charge in [-0.2, -0.15) is 0 Å². The lowest BCUT2D eigenvalue weighted by Crippen LogP contribution is -2.18. The zero-order valence-electron chi connectivity index (χ0n) is 12.8. The molecular weight excluding hydrogens is 340 g/mol. The summed E-state index contributed by atoms with van der Waals surface area (Å²) in [5.74, 6) is -2.30. The number of rotatable bonds is 5. The van der Waals surface area contributed by atoms with Gasteiger partial charge in [0.25, 0.3) is 0 Å². The van der Waals surface area contributed by atoms with E-state index in [2.05, 4.69) is 9.72 Å². The maximum absolute atomic E-state index is 13.7. The second kappa shape index (κ2) is 6.54. The molecule has 0 radical (unpaired) electrons. The molecule has 0 spiro atoms. The van der Waals surface area contributed by atoms with Gasteiger partial charge >= 0.3 is 6.36 Å². The van der Waals surface area contributed by atoms with E-state index in [4.69, 9.17) is 0 Å². The van der Waals surface area contributed by atoms with Crippen LogP contribution < -0.4 is 4.74 Å². The zero-order valence-corrected chi connectivity index (χ0v) is 12.8. The number of hydrogen-bond donors (Lipinski definition) is 0. The predicted molar refractivity (Wildman–Crippen MR) is 80.7 cm³/mol. The number of hydrogen-bond acceptors (Lipinski definition) is 3. The molecule has 0 aliphatic heterocycles. The van der Waals surface area contributed by atoms with E-state index < -0.39 is 17.9 Å². The molecule has 0 saturated heterocycles. The number of carbonyl (C=O) groups is 1. The van der Waals surface area contributed by atoms with Crippen molar-refractivity contribution in [3.8, 4) is 5.75 Å². The normalized spacial score (nSPS) is 11.7. The Hall–Kier alpha value is -2.90. The van der Waals surface area contributed by atoms with Crippen molar-refractivity contribution in [1.29, 1.82) is 0 Å². The topological polar surface area (TPSA) is 43.6 Å². The second-order valence-corrected chi connectivity index (χ2v) is 5.38. The molecule has 0 amide bonds. The monoisotopic (exact) mass is 352 g/mol. The summed E-state index contributed by atoms with van der Waals surface area (Å²) in [7, 11) is 0. The molecule has 0 aliphatic rings. The molecule has 1 aromatic carbocycles. The zero-order chi connectivity index (χ0) is 18.0. The minimum absolute atomic E-state index is 0.0934. The van der Waals surface area contributed by atoms with Crippen LogP contribution in [0, 0.1) is 5.82 Å². The van der Waals surface area contributed by atoms with Gasteiger partial charge in [-0.3, -0.25) is 4.79 Å². The van der Waals surface area contributed by atoms with Crippen molar-refractivity contribution in [1.82, 2.24) is 9.38 Å². The number of ketones is 1. The van der Waals surface area contributed by atoms with Crippen LogP contribution in [0.2, 0.25) is 0 Å². The van der Waals surface area contributed by atoms with Gasteiger partial charge in [0, 0.05) is 30.9 Å². The summed E-state index contributed by atoms with van der Waals surface area (Å²) in [6.07, 6.45) is -1.65. The van der Waals surface area contributed by atoms with Crippen LogP contribution in [0.4, 0.5) is 17.6 Å². The average molecular weight is 352 g/mol. The molecule has 130 valence electrons. The molecule has 3 rings (SSSR count). The van der Waals surface area contributed by atoms with Gasteiger partial charge in [0.05, 0.1) is 0 Å². The van der Waals surface area contributed by atoms with Crippen LogP contribution in [-0.4, -0.2) is 21.5 Å². The van der Waals surface area contributed by atoms with Gasteiger partial charge < -0.3 is 9.14 Å². The number of aromatic nitrogens is 2. The number of imidazole rings is 1. The number of alkyl halides is 3. The van der Waals surface area contributed by atoms with E-state index in [0.717, 1.165) is 17.8 Å². The minimum Gasteiger partial charge on any atom is -0.403 e. The fourth-order valence-electron chi connectivity index (χ4n) is 2.50. The first-order valence-electron chi connectivity index (χ1n) is 7.29. The van der Waals surface area contributed by atoms with Gasteiger partial charge in [-0.05, 0) is 29.8 Å². The van der Waals surface area contributed by atoms with Crippen LogP contribution in [0.3, 0.4) is 0 Å². The van der Waals surface area contributed by atoms with E-state index in [-0.39, 0.29) is 24.2 Å². The molecule has 0 saturated carbocycles. The fraction of sp³-hybridized carbons (Fsp3) is 0.176. The number of nitrogens with zero attached hydrogens (tertiary/aromatic N) is 2. The van der Waals surface area contributed by atoms with Crippen LogP contribution in [0.25, 0.3) is 5.65 Å². The number of fused-ring (bicyclic) bond motifs is 1. The smallest absolute Gasteiger partial charge is 0.403 e. The van der Waals surface area contributed by atoms with Crippen LogP contribution in [0.1, 0.15) is 11.3 Å². The molecule has 0 fully saturated rings. The lowest BCUT2D eigenvalue weighted by molar-refractivity contribution is -0.275. The summed E-state index contributed by atoms with van der Waals surface area (Å²) in [5.41, 5.74) is 1.69. The third-order valence-corrected chi connectivity index (χ3v) is 3.51. The highest BCUT2D eigenvalue weighted by Gasteiger charge is 2.32. The summed E-state index contributed by atoms with van der Waals surface area (Å²) in [6, 6.07) is 8.31. The maximum Gasteiger partial charge on any atom is 0.573 e. The first-order valence-corrected chi connectivity index (χ1v) is 7.29. The van der Waals surface area contributed by atoms with E-state index in [1.54, 1.807) is 35.0 Å². The Kier molecular flexibility index (Phi) is 4.43. The van der Waals surface area contributed by atoms with E-state index >= 15 is 0 Å². The third-order valence-electron chi connectivity index (χ3n) is 3.51. The van der Waals surface area contributed by atoms with Gasteiger partial charge in [0.2, 0.25) is 0 Å². The molecule has 4 nitrogen and oxygen atoms in total. The number of Topliss-reactive ketones (excluding diaryl/α,β-unsaturated/α-hetero) is 1. The molecule has 0 aliphatic carbocycles. The highest BCUT2D eigenvalue weighted by atomic mass is 19.4. The Bertz CT molecular complexity index is 918. The van der Waals surface area contributed by atoms with Crippen molar-refractivity contribution in [2.24, 2.45) is 0 Å². The minimum atomic E-state index is -4.97. The Morgan fingerprint density at radius 1 is 1.16 bits per heavy atom. The predicted octanol–water partition coefficient (Wildman–Crippen LogP) is 3.73. The quantitative estimate of drug-likeness (QED) is 0.657. The Balaban J connectivity index is 1.71. The van der Waals surface area contributed by atoms with Crippen molar-refractivity contribution in [2.75, 3.05) is 0 Å². The molecule has 0 N–H and O–H groups in total. The molecule has 0 unspecified atom stereocenters. The van der Waals surface area contributed by atoms with Crippen molar-refractivity contribution in [3.05, 3.63) is 65.9 Å². The second-order valence-electron chi connectivity index (χ2n) is 5.38. The summed E-state index contributed by atoms with van der Waals surface area (Å²) in [4.78, 5) is 16.3. The molecule has 2 aromatic heterocycles.